The van der Waals surface area contributed by atoms with Crippen LogP contribution in [0.3, 0.4) is 0 Å². The SMILES string of the molecule is Cc1ccc(Nc2ccc(C#N)cc2-n2cccn2)c(-n2cccn2)c1. The Morgan fingerprint density at radius 1 is 0.885 bits per heavy atom. The van der Waals surface area contributed by atoms with Gasteiger partial charge in [-0.05, 0) is 55.0 Å². The highest BCUT2D eigenvalue weighted by Gasteiger charge is 2.11. The minimum Gasteiger partial charge on any atom is -0.352 e. The molecule has 0 aliphatic rings. The fraction of sp³-hybridized carbons (Fsp3) is 0.0500. The molecule has 0 aliphatic heterocycles. The molecule has 6 nitrogen and oxygen atoms in total. The van der Waals surface area contributed by atoms with E-state index in [9.17, 15) is 5.26 Å². The number of nitriles is 1. The number of hydrogen-bond donors (Lipinski definition) is 1. The third kappa shape index (κ3) is 2.94. The van der Waals surface area contributed by atoms with Crippen LogP contribution in [0.5, 0.6) is 0 Å². The van der Waals surface area contributed by atoms with Crippen LogP contribution in [0.4, 0.5) is 11.4 Å². The molecule has 0 saturated carbocycles. The van der Waals surface area contributed by atoms with E-state index in [2.05, 4.69) is 27.6 Å². The number of nitrogens with zero attached hydrogens (tertiary/aromatic N) is 5. The maximum Gasteiger partial charge on any atom is 0.0992 e. The summed E-state index contributed by atoms with van der Waals surface area (Å²) in [6.45, 7) is 2.05. The Kier molecular flexibility index (Phi) is 3.96. The first-order valence-electron chi connectivity index (χ1n) is 8.16. The Morgan fingerprint density at radius 2 is 1.50 bits per heavy atom. The molecule has 0 radical (unpaired) electrons. The van der Waals surface area contributed by atoms with Crippen molar-refractivity contribution in [2.75, 3.05) is 5.32 Å². The van der Waals surface area contributed by atoms with Gasteiger partial charge in [-0.2, -0.15) is 15.5 Å². The van der Waals surface area contributed by atoms with Crippen molar-refractivity contribution in [3.63, 3.8) is 0 Å². The molecule has 0 spiro atoms. The van der Waals surface area contributed by atoms with Gasteiger partial charge in [0, 0.05) is 24.8 Å². The average Bonchev–Trinajstić information content (AvgIpc) is 3.37. The van der Waals surface area contributed by atoms with Crippen LogP contribution in [0.15, 0.2) is 73.3 Å². The third-order valence-electron chi connectivity index (χ3n) is 4.05. The fourth-order valence-electron chi connectivity index (χ4n) is 2.80. The molecule has 4 aromatic rings. The predicted molar refractivity (Wildman–Crippen MR) is 99.9 cm³/mol. The summed E-state index contributed by atoms with van der Waals surface area (Å²) in [7, 11) is 0. The van der Waals surface area contributed by atoms with Gasteiger partial charge in [0.05, 0.1) is 34.4 Å². The average molecular weight is 340 g/mol. The second-order valence-electron chi connectivity index (χ2n) is 5.89. The molecule has 2 aromatic carbocycles. The second kappa shape index (κ2) is 6.57. The first-order valence-corrected chi connectivity index (χ1v) is 8.16. The van der Waals surface area contributed by atoms with E-state index in [0.29, 0.717) is 5.56 Å². The standard InChI is InChI=1S/C20H16N6/c1-15-4-6-17(19(12-15)25-10-2-8-22-25)24-18-7-5-16(14-21)13-20(18)26-11-3-9-23-26/h2-13,24H,1H3. The van der Waals surface area contributed by atoms with Gasteiger partial charge in [-0.25, -0.2) is 9.36 Å². The Bertz CT molecular complexity index is 1070. The number of rotatable bonds is 4. The Hall–Kier alpha value is -3.85. The Labute approximate surface area is 150 Å². The van der Waals surface area contributed by atoms with E-state index >= 15 is 0 Å². The van der Waals surface area contributed by atoms with E-state index in [4.69, 9.17) is 0 Å². The summed E-state index contributed by atoms with van der Waals surface area (Å²) in [5.74, 6) is 0. The Balaban J connectivity index is 1.81. The van der Waals surface area contributed by atoms with E-state index in [1.165, 1.54) is 0 Å². The molecule has 1 N–H and O–H groups in total. The predicted octanol–water partition coefficient (Wildman–Crippen LogP) is 3.98. The summed E-state index contributed by atoms with van der Waals surface area (Å²) < 4.78 is 3.57. The molecule has 0 amide bonds. The quantitative estimate of drug-likeness (QED) is 0.610. The molecule has 0 unspecified atom stereocenters. The molecule has 0 saturated heterocycles. The number of anilines is 2. The molecule has 126 valence electrons. The van der Waals surface area contributed by atoms with Gasteiger partial charge in [-0.3, -0.25) is 0 Å². The van der Waals surface area contributed by atoms with Gasteiger partial charge in [-0.15, -0.1) is 0 Å². The topological polar surface area (TPSA) is 71.5 Å². The lowest BCUT2D eigenvalue weighted by Gasteiger charge is -2.16. The van der Waals surface area contributed by atoms with Gasteiger partial charge >= 0.3 is 0 Å². The lowest BCUT2D eigenvalue weighted by molar-refractivity contribution is 0.876. The van der Waals surface area contributed by atoms with E-state index in [1.807, 2.05) is 60.4 Å². The highest BCUT2D eigenvalue weighted by molar-refractivity contribution is 5.75. The van der Waals surface area contributed by atoms with Crippen LogP contribution in [-0.2, 0) is 0 Å². The number of aromatic nitrogens is 4. The summed E-state index contributed by atoms with van der Waals surface area (Å²) in [6.07, 6.45) is 7.23. The summed E-state index contributed by atoms with van der Waals surface area (Å²) in [6, 6.07) is 17.6. The molecule has 0 fully saturated rings. The maximum absolute atomic E-state index is 9.23. The van der Waals surface area contributed by atoms with E-state index in [1.54, 1.807) is 23.1 Å². The van der Waals surface area contributed by atoms with Crippen LogP contribution in [0.1, 0.15) is 11.1 Å². The molecule has 26 heavy (non-hydrogen) atoms. The molecule has 2 heterocycles. The highest BCUT2D eigenvalue weighted by Crippen LogP contribution is 2.29. The van der Waals surface area contributed by atoms with Gasteiger partial charge in [-0.1, -0.05) is 6.07 Å². The molecule has 6 heteroatoms. The molecule has 2 aromatic heterocycles. The van der Waals surface area contributed by atoms with Crippen molar-refractivity contribution < 1.29 is 0 Å². The van der Waals surface area contributed by atoms with Crippen molar-refractivity contribution in [2.24, 2.45) is 0 Å². The molecular formula is C20H16N6. The highest BCUT2D eigenvalue weighted by atomic mass is 15.3. The minimum atomic E-state index is 0.581. The van der Waals surface area contributed by atoms with Crippen molar-refractivity contribution in [3.05, 3.63) is 84.4 Å². The van der Waals surface area contributed by atoms with E-state index in [-0.39, 0.29) is 0 Å². The fourth-order valence-corrected chi connectivity index (χ4v) is 2.80. The van der Waals surface area contributed by atoms with Crippen LogP contribution < -0.4 is 5.32 Å². The molecule has 0 atom stereocenters. The number of hydrogen-bond acceptors (Lipinski definition) is 4. The van der Waals surface area contributed by atoms with Crippen LogP contribution in [0, 0.1) is 18.3 Å². The summed E-state index contributed by atoms with van der Waals surface area (Å²) in [5.41, 5.74) is 5.25. The van der Waals surface area contributed by atoms with Gasteiger partial charge in [0.2, 0.25) is 0 Å². The second-order valence-corrected chi connectivity index (χ2v) is 5.89. The first-order chi connectivity index (χ1) is 12.7. The van der Waals surface area contributed by atoms with E-state index < -0.39 is 0 Å². The number of aryl methyl sites for hydroxylation is 1. The number of nitrogens with one attached hydrogen (secondary N) is 1. The monoisotopic (exact) mass is 340 g/mol. The summed E-state index contributed by atoms with van der Waals surface area (Å²) in [4.78, 5) is 0. The van der Waals surface area contributed by atoms with Crippen LogP contribution in [0.25, 0.3) is 11.4 Å². The zero-order valence-electron chi connectivity index (χ0n) is 14.2. The Morgan fingerprint density at radius 3 is 2.08 bits per heavy atom. The third-order valence-corrected chi connectivity index (χ3v) is 4.05. The van der Waals surface area contributed by atoms with Crippen LogP contribution in [0.2, 0.25) is 0 Å². The largest absolute Gasteiger partial charge is 0.352 e. The molecule has 0 bridgehead atoms. The van der Waals surface area contributed by atoms with Crippen molar-refractivity contribution in [3.8, 4) is 17.4 Å². The first kappa shape index (κ1) is 15.7. The van der Waals surface area contributed by atoms with Gasteiger partial charge < -0.3 is 5.32 Å². The normalized spacial score (nSPS) is 10.5. The van der Waals surface area contributed by atoms with Crippen LogP contribution >= 0.6 is 0 Å². The van der Waals surface area contributed by atoms with Gasteiger partial charge in [0.25, 0.3) is 0 Å². The number of benzene rings is 2. The van der Waals surface area contributed by atoms with Gasteiger partial charge in [0.1, 0.15) is 0 Å². The smallest absolute Gasteiger partial charge is 0.0992 e. The van der Waals surface area contributed by atoms with Crippen LogP contribution in [-0.4, -0.2) is 19.6 Å². The zero-order chi connectivity index (χ0) is 17.9. The lowest BCUT2D eigenvalue weighted by Crippen LogP contribution is -2.05. The van der Waals surface area contributed by atoms with Gasteiger partial charge in [0.15, 0.2) is 0 Å². The minimum absolute atomic E-state index is 0.581. The zero-order valence-corrected chi connectivity index (χ0v) is 14.2. The van der Waals surface area contributed by atoms with Crippen molar-refractivity contribution in [2.45, 2.75) is 6.92 Å². The molecular weight excluding hydrogens is 324 g/mol. The lowest BCUT2D eigenvalue weighted by atomic mass is 10.1. The van der Waals surface area contributed by atoms with Crippen molar-refractivity contribution >= 4 is 11.4 Å². The molecule has 0 aliphatic carbocycles. The maximum atomic E-state index is 9.23. The summed E-state index contributed by atoms with van der Waals surface area (Å²) >= 11 is 0. The summed E-state index contributed by atoms with van der Waals surface area (Å²) in [5, 5.41) is 21.3. The van der Waals surface area contributed by atoms with E-state index in [0.717, 1.165) is 28.3 Å². The van der Waals surface area contributed by atoms with Crippen molar-refractivity contribution in [1.29, 1.82) is 5.26 Å². The molecule has 4 rings (SSSR count). The van der Waals surface area contributed by atoms with Crippen molar-refractivity contribution in [1.82, 2.24) is 19.6 Å².